The van der Waals surface area contributed by atoms with Crippen molar-refractivity contribution >= 4 is 55.5 Å². The quantitative estimate of drug-likeness (QED) is 0.345. The smallest absolute Gasteiger partial charge is 0.343 e. The third-order valence-electron chi connectivity index (χ3n) is 3.90. The number of methoxy groups -OCH3 is 1. The van der Waals surface area contributed by atoms with Crippen LogP contribution in [-0.2, 0) is 4.74 Å². The predicted molar refractivity (Wildman–Crippen MR) is 110 cm³/mol. The highest BCUT2D eigenvalue weighted by molar-refractivity contribution is 14.1. The molecule has 2 aromatic heterocycles. The molecule has 0 aliphatic carbocycles. The molecule has 0 saturated carbocycles. The molecule has 0 amide bonds. The highest BCUT2D eigenvalue weighted by Crippen LogP contribution is 2.31. The first kappa shape index (κ1) is 21.1. The summed E-state index contributed by atoms with van der Waals surface area (Å²) in [6.07, 6.45) is 1.41. The van der Waals surface area contributed by atoms with Gasteiger partial charge in [-0.2, -0.15) is 4.98 Å². The molecule has 1 N–H and O–H groups in total. The van der Waals surface area contributed by atoms with E-state index in [2.05, 4.69) is 20.9 Å². The number of esters is 1. The molecule has 0 bridgehead atoms. The summed E-state index contributed by atoms with van der Waals surface area (Å²) in [6.45, 7) is 5.71. The minimum atomic E-state index is -0.759. The van der Waals surface area contributed by atoms with Crippen LogP contribution in [0.2, 0.25) is 0 Å². The van der Waals surface area contributed by atoms with Gasteiger partial charge in [0.05, 0.1) is 29.6 Å². The van der Waals surface area contributed by atoms with E-state index < -0.39 is 21.6 Å². The van der Waals surface area contributed by atoms with Gasteiger partial charge < -0.3 is 19.1 Å². The second-order valence-corrected chi connectivity index (χ2v) is 8.09. The molecule has 0 aromatic carbocycles. The van der Waals surface area contributed by atoms with Gasteiger partial charge in [0.25, 0.3) is 0 Å². The summed E-state index contributed by atoms with van der Waals surface area (Å²) in [4.78, 5) is 29.5. The molecule has 2 atom stereocenters. The van der Waals surface area contributed by atoms with Crippen LogP contribution in [0.15, 0.2) is 21.5 Å². The highest BCUT2D eigenvalue weighted by Gasteiger charge is 2.27. The third kappa shape index (κ3) is 4.04. The monoisotopic (exact) mass is 538 g/mol. The Balaban J connectivity index is 2.92. The van der Waals surface area contributed by atoms with E-state index in [0.717, 1.165) is 0 Å². The van der Waals surface area contributed by atoms with Crippen molar-refractivity contribution in [2.75, 3.05) is 13.7 Å². The van der Waals surface area contributed by atoms with Crippen molar-refractivity contribution < 1.29 is 19.4 Å². The van der Waals surface area contributed by atoms with Crippen molar-refractivity contribution in [3.05, 3.63) is 32.5 Å². The Morgan fingerprint density at radius 3 is 2.62 bits per heavy atom. The molecule has 0 spiro atoms. The third-order valence-corrected chi connectivity index (χ3v) is 5.21. The Hall–Kier alpha value is -1.20. The summed E-state index contributed by atoms with van der Waals surface area (Å²) in [6, 6.07) is 1.16. The fourth-order valence-electron chi connectivity index (χ4n) is 2.73. The van der Waals surface area contributed by atoms with Crippen LogP contribution in [0.25, 0.3) is 11.0 Å². The molecule has 142 valence electrons. The number of hydrogen-bond donors (Lipinski definition) is 1. The van der Waals surface area contributed by atoms with Crippen LogP contribution >= 0.6 is 38.5 Å². The fourth-order valence-corrected chi connectivity index (χ4v) is 4.38. The number of hydrogen-bond acceptors (Lipinski definition) is 6. The number of ether oxygens (including phenoxy) is 2. The molecular weight excluding hydrogens is 519 g/mol. The van der Waals surface area contributed by atoms with Gasteiger partial charge >= 0.3 is 5.97 Å². The Morgan fingerprint density at radius 2 is 2.12 bits per heavy atom. The first-order valence-electron chi connectivity index (χ1n) is 8.01. The van der Waals surface area contributed by atoms with E-state index in [1.54, 1.807) is 17.6 Å². The minimum Gasteiger partial charge on any atom is -0.480 e. The minimum absolute atomic E-state index is 0.0130. The van der Waals surface area contributed by atoms with E-state index in [4.69, 9.17) is 9.47 Å². The van der Waals surface area contributed by atoms with Gasteiger partial charge in [-0.3, -0.25) is 4.79 Å². The van der Waals surface area contributed by atoms with Gasteiger partial charge in [-0.15, -0.1) is 0 Å². The molecule has 0 radical (unpaired) electrons. The van der Waals surface area contributed by atoms with Crippen molar-refractivity contribution in [1.82, 2.24) is 9.55 Å². The number of alkyl halides is 1. The van der Waals surface area contributed by atoms with Crippen LogP contribution in [0.3, 0.4) is 0 Å². The maximum Gasteiger partial charge on any atom is 0.343 e. The fraction of sp³-hybridized carbons (Fsp3) is 0.471. The second-order valence-electron chi connectivity index (χ2n) is 5.96. The number of rotatable bonds is 6. The van der Waals surface area contributed by atoms with Gasteiger partial charge in [-0.25, -0.2) is 4.79 Å². The molecule has 7 nitrogen and oxygen atoms in total. The lowest BCUT2D eigenvalue weighted by Crippen LogP contribution is -2.29. The molecule has 2 rings (SSSR count). The van der Waals surface area contributed by atoms with E-state index in [0.29, 0.717) is 16.0 Å². The summed E-state index contributed by atoms with van der Waals surface area (Å²) < 4.78 is 11.6. The largest absolute Gasteiger partial charge is 0.480 e. The standard InChI is InChI=1S/C17H20BrIN2O5/c1-5-26-17(24)10-7-21(12(8(2)3)14(19)23)15-9(13(10)22)6-11(18)16(20-15)25-4/h6-8,12,14,23H,5H2,1-4H3/t12-,14?/m0/s1. The van der Waals surface area contributed by atoms with Crippen molar-refractivity contribution in [3.8, 4) is 5.88 Å². The lowest BCUT2D eigenvalue weighted by Gasteiger charge is -2.27. The Kier molecular flexibility index (Phi) is 7.03. The number of carbonyl (C=O) groups excluding carboxylic acids is 1. The van der Waals surface area contributed by atoms with Crippen LogP contribution in [0, 0.1) is 5.92 Å². The first-order chi connectivity index (χ1) is 12.2. The normalized spacial score (nSPS) is 13.7. The molecular formula is C17H20BrIN2O5. The zero-order valence-electron chi connectivity index (χ0n) is 14.8. The number of carbonyl (C=O) groups is 1. The van der Waals surface area contributed by atoms with Gasteiger partial charge in [0.1, 0.15) is 15.3 Å². The number of aliphatic hydroxyl groups is 1. The average molecular weight is 539 g/mol. The van der Waals surface area contributed by atoms with Gasteiger partial charge in [0, 0.05) is 6.20 Å². The van der Waals surface area contributed by atoms with E-state index >= 15 is 0 Å². The maximum absolute atomic E-state index is 12.8. The van der Waals surface area contributed by atoms with Crippen molar-refractivity contribution in [2.45, 2.75) is 30.9 Å². The highest BCUT2D eigenvalue weighted by atomic mass is 127. The predicted octanol–water partition coefficient (Wildman–Crippen LogP) is 3.29. The lowest BCUT2D eigenvalue weighted by atomic mass is 10.0. The Morgan fingerprint density at radius 1 is 1.46 bits per heavy atom. The van der Waals surface area contributed by atoms with Crippen molar-refractivity contribution in [3.63, 3.8) is 0 Å². The average Bonchev–Trinajstić information content (AvgIpc) is 2.56. The molecule has 0 saturated heterocycles. The summed E-state index contributed by atoms with van der Waals surface area (Å²) in [5.41, 5.74) is -0.241. The number of pyridine rings is 2. The van der Waals surface area contributed by atoms with Gasteiger partial charge in [-0.1, -0.05) is 13.8 Å². The number of nitrogens with zero attached hydrogens (tertiary/aromatic N) is 2. The summed E-state index contributed by atoms with van der Waals surface area (Å²) >= 11 is 5.23. The van der Waals surface area contributed by atoms with Crippen LogP contribution < -0.4 is 10.2 Å². The Labute approximate surface area is 173 Å². The molecule has 26 heavy (non-hydrogen) atoms. The van der Waals surface area contributed by atoms with E-state index in [-0.39, 0.29) is 23.5 Å². The van der Waals surface area contributed by atoms with Crippen molar-refractivity contribution in [1.29, 1.82) is 0 Å². The summed E-state index contributed by atoms with van der Waals surface area (Å²) in [5, 5.41) is 10.5. The number of fused-ring (bicyclic) bond motifs is 1. The van der Waals surface area contributed by atoms with Crippen LogP contribution in [0.1, 0.15) is 37.2 Å². The van der Waals surface area contributed by atoms with Crippen molar-refractivity contribution in [2.24, 2.45) is 5.92 Å². The molecule has 1 unspecified atom stereocenters. The first-order valence-corrected chi connectivity index (χ1v) is 10.0. The number of aliphatic hydroxyl groups excluding tert-OH is 1. The van der Waals surface area contributed by atoms with Crippen LogP contribution in [-0.4, -0.2) is 38.5 Å². The van der Waals surface area contributed by atoms with E-state index in [9.17, 15) is 14.7 Å². The molecule has 0 fully saturated rings. The number of aromatic nitrogens is 2. The molecule has 0 aliphatic rings. The Bertz CT molecular complexity index is 874. The SMILES string of the molecule is CCOC(=O)c1cn([C@@H](C(C)C)C(O)I)c2nc(OC)c(Br)cc2c1=O. The molecule has 0 aliphatic heterocycles. The second kappa shape index (κ2) is 8.66. The summed E-state index contributed by atoms with van der Waals surface area (Å²) in [5.74, 6) is -0.385. The zero-order chi connectivity index (χ0) is 19.6. The maximum atomic E-state index is 12.8. The van der Waals surface area contributed by atoms with Gasteiger partial charge in [-0.05, 0) is 57.4 Å². The lowest BCUT2D eigenvalue weighted by molar-refractivity contribution is 0.0523. The molecule has 9 heteroatoms. The molecule has 2 aromatic rings. The topological polar surface area (TPSA) is 90.7 Å². The van der Waals surface area contributed by atoms with E-state index in [1.807, 2.05) is 36.4 Å². The van der Waals surface area contributed by atoms with Gasteiger partial charge in [0.2, 0.25) is 11.3 Å². The van der Waals surface area contributed by atoms with Crippen LogP contribution in [0.5, 0.6) is 5.88 Å². The zero-order valence-corrected chi connectivity index (χ0v) is 18.6. The summed E-state index contributed by atoms with van der Waals surface area (Å²) in [7, 11) is 1.47. The van der Waals surface area contributed by atoms with E-state index in [1.165, 1.54) is 13.3 Å². The van der Waals surface area contributed by atoms with Gasteiger partial charge in [0.15, 0.2) is 0 Å². The molecule has 2 heterocycles. The number of halogens is 2. The van der Waals surface area contributed by atoms with Crippen LogP contribution in [0.4, 0.5) is 0 Å².